The number of carbonyl (C=O) groups is 2. The lowest BCUT2D eigenvalue weighted by molar-refractivity contribution is -0.147. The van der Waals surface area contributed by atoms with Crippen LogP contribution in [-0.2, 0) is 10.2 Å². The van der Waals surface area contributed by atoms with Crippen molar-refractivity contribution in [1.82, 2.24) is 20.5 Å². The molecule has 3 rings (SSSR count). The fourth-order valence-corrected chi connectivity index (χ4v) is 3.37. The van der Waals surface area contributed by atoms with Crippen molar-refractivity contribution in [3.63, 3.8) is 0 Å². The molecular weight excluding hydrogens is 400 g/mol. The second kappa shape index (κ2) is 8.97. The summed E-state index contributed by atoms with van der Waals surface area (Å²) >= 11 is 0. The Morgan fingerprint density at radius 2 is 1.68 bits per heavy atom. The lowest BCUT2D eigenvalue weighted by Crippen LogP contribution is -2.50. The molecule has 0 saturated carbocycles. The van der Waals surface area contributed by atoms with Gasteiger partial charge in [0.25, 0.3) is 5.91 Å². The molecule has 2 aromatic carbocycles. The third-order valence-corrected chi connectivity index (χ3v) is 5.37. The summed E-state index contributed by atoms with van der Waals surface area (Å²) in [7, 11) is 0. The number of aliphatic hydroxyl groups is 1. The number of aromatic nitrogens is 3. The van der Waals surface area contributed by atoms with E-state index in [1.165, 1.54) is 0 Å². The van der Waals surface area contributed by atoms with Gasteiger partial charge in [0.05, 0.1) is 6.20 Å². The molecular formula is C22H24N4O5. The number of amides is 1. The molecule has 4 N–H and O–H groups in total. The number of hydrogen-bond acceptors (Lipinski definition) is 6. The fourth-order valence-electron chi connectivity index (χ4n) is 3.37. The molecule has 9 heteroatoms. The highest BCUT2D eigenvalue weighted by Gasteiger charge is 2.36. The zero-order valence-electron chi connectivity index (χ0n) is 17.1. The molecule has 2 atom stereocenters. The summed E-state index contributed by atoms with van der Waals surface area (Å²) in [5, 5.41) is 38.0. The second-order valence-corrected chi connectivity index (χ2v) is 7.81. The van der Waals surface area contributed by atoms with Crippen molar-refractivity contribution in [2.75, 3.05) is 0 Å². The minimum Gasteiger partial charge on any atom is -0.479 e. The molecule has 0 saturated heterocycles. The molecule has 0 fully saturated rings. The standard InChI is InChI=1S/C22H24N4O5/c1-22(2,16-10-8-15(9-11-16)14-6-4-3-5-7-14)19(12-18(27)21(29)30)23-20(28)17-13-26(31)25-24-17/h3-11,13,18-19,27,31H,12H2,1-2H3,(H,23,28)(H,29,30)/t18-,19+/m1/s1. The van der Waals surface area contributed by atoms with Gasteiger partial charge in [0.1, 0.15) is 0 Å². The smallest absolute Gasteiger partial charge is 0.332 e. The molecule has 0 bridgehead atoms. The van der Waals surface area contributed by atoms with Gasteiger partial charge in [0.15, 0.2) is 11.8 Å². The molecule has 162 valence electrons. The van der Waals surface area contributed by atoms with E-state index < -0.39 is 29.4 Å². The van der Waals surface area contributed by atoms with Gasteiger partial charge in [-0.15, -0.1) is 5.10 Å². The fraction of sp³-hybridized carbons (Fsp3) is 0.273. The number of carboxylic acid groups (broad SMARTS) is 1. The van der Waals surface area contributed by atoms with Crippen molar-refractivity contribution in [1.29, 1.82) is 0 Å². The van der Waals surface area contributed by atoms with E-state index in [0.717, 1.165) is 22.9 Å². The molecule has 0 spiro atoms. The van der Waals surface area contributed by atoms with E-state index in [-0.39, 0.29) is 12.1 Å². The predicted molar refractivity (Wildman–Crippen MR) is 112 cm³/mol. The van der Waals surface area contributed by atoms with Crippen LogP contribution in [0.4, 0.5) is 0 Å². The van der Waals surface area contributed by atoms with E-state index in [0.29, 0.717) is 4.85 Å². The van der Waals surface area contributed by atoms with Crippen molar-refractivity contribution in [2.45, 2.75) is 37.8 Å². The summed E-state index contributed by atoms with van der Waals surface area (Å²) in [5.74, 6) is -2.02. The summed E-state index contributed by atoms with van der Waals surface area (Å²) in [4.78, 5) is 24.2. The summed E-state index contributed by atoms with van der Waals surface area (Å²) in [6.07, 6.45) is -0.856. The lowest BCUT2D eigenvalue weighted by atomic mass is 9.75. The maximum absolute atomic E-state index is 12.6. The zero-order valence-corrected chi connectivity index (χ0v) is 17.1. The number of rotatable bonds is 8. The molecule has 9 nitrogen and oxygen atoms in total. The minimum absolute atomic E-state index is 0.132. The molecule has 1 amide bonds. The Hall–Kier alpha value is -3.72. The summed E-state index contributed by atoms with van der Waals surface area (Å²) in [6, 6.07) is 16.8. The highest BCUT2D eigenvalue weighted by molar-refractivity contribution is 5.92. The van der Waals surface area contributed by atoms with E-state index in [1.54, 1.807) is 0 Å². The van der Waals surface area contributed by atoms with Gasteiger partial charge in [-0.3, -0.25) is 4.79 Å². The van der Waals surface area contributed by atoms with E-state index in [1.807, 2.05) is 68.4 Å². The molecule has 0 aliphatic rings. The van der Waals surface area contributed by atoms with E-state index in [9.17, 15) is 19.9 Å². The van der Waals surface area contributed by atoms with Crippen LogP contribution in [0.3, 0.4) is 0 Å². The summed E-state index contributed by atoms with van der Waals surface area (Å²) < 4.78 is 0. The number of carbonyl (C=O) groups excluding carboxylic acids is 1. The van der Waals surface area contributed by atoms with Crippen molar-refractivity contribution in [3.8, 4) is 11.1 Å². The Labute approximate surface area is 178 Å². The first kappa shape index (κ1) is 22.0. The first-order chi connectivity index (χ1) is 14.7. The van der Waals surface area contributed by atoms with Crippen molar-refractivity contribution in [3.05, 3.63) is 72.1 Å². The number of carboxylic acids is 1. The summed E-state index contributed by atoms with van der Waals surface area (Å²) in [5.41, 5.74) is 2.06. The monoisotopic (exact) mass is 424 g/mol. The Bertz CT molecular complexity index is 1050. The maximum Gasteiger partial charge on any atom is 0.332 e. The topological polar surface area (TPSA) is 138 Å². The molecule has 0 unspecified atom stereocenters. The van der Waals surface area contributed by atoms with Gasteiger partial charge in [-0.2, -0.15) is 0 Å². The average molecular weight is 424 g/mol. The van der Waals surface area contributed by atoms with Crippen LogP contribution in [0.1, 0.15) is 36.3 Å². The van der Waals surface area contributed by atoms with Crippen LogP contribution >= 0.6 is 0 Å². The molecule has 0 aliphatic carbocycles. The Morgan fingerprint density at radius 3 is 2.23 bits per heavy atom. The Balaban J connectivity index is 1.88. The molecule has 0 radical (unpaired) electrons. The largest absolute Gasteiger partial charge is 0.479 e. The Kier molecular flexibility index (Phi) is 6.36. The van der Waals surface area contributed by atoms with Crippen LogP contribution in [-0.4, -0.2) is 54.6 Å². The van der Waals surface area contributed by atoms with E-state index in [2.05, 4.69) is 15.6 Å². The highest BCUT2D eigenvalue weighted by Crippen LogP contribution is 2.32. The number of nitrogens with one attached hydrogen (secondary N) is 1. The van der Waals surface area contributed by atoms with Crippen LogP contribution in [0, 0.1) is 0 Å². The van der Waals surface area contributed by atoms with Gasteiger partial charge < -0.3 is 20.7 Å². The number of aliphatic hydroxyl groups excluding tert-OH is 1. The van der Waals surface area contributed by atoms with Gasteiger partial charge in [0.2, 0.25) is 0 Å². The molecule has 1 heterocycles. The molecule has 31 heavy (non-hydrogen) atoms. The van der Waals surface area contributed by atoms with Gasteiger partial charge in [0, 0.05) is 17.9 Å². The van der Waals surface area contributed by atoms with Crippen LogP contribution in [0.5, 0.6) is 0 Å². The second-order valence-electron chi connectivity index (χ2n) is 7.81. The number of nitrogens with zero attached hydrogens (tertiary/aromatic N) is 3. The normalized spacial score (nSPS) is 13.4. The van der Waals surface area contributed by atoms with E-state index >= 15 is 0 Å². The van der Waals surface area contributed by atoms with Crippen LogP contribution < -0.4 is 5.32 Å². The van der Waals surface area contributed by atoms with Gasteiger partial charge in [-0.25, -0.2) is 4.79 Å². The summed E-state index contributed by atoms with van der Waals surface area (Å²) in [6.45, 7) is 3.71. The van der Waals surface area contributed by atoms with Gasteiger partial charge >= 0.3 is 5.97 Å². The SMILES string of the molecule is CC(C)(c1ccc(-c2ccccc2)cc1)[C@H](C[C@@H](O)C(=O)O)NC(=O)c1cn(O)nn1. The minimum atomic E-state index is -1.67. The van der Waals surface area contributed by atoms with Crippen molar-refractivity contribution < 1.29 is 25.0 Å². The molecule has 3 aromatic rings. The molecule has 1 aromatic heterocycles. The predicted octanol–water partition coefficient (Wildman–Crippen LogP) is 2.09. The quantitative estimate of drug-likeness (QED) is 0.406. The van der Waals surface area contributed by atoms with Crippen LogP contribution in [0.25, 0.3) is 11.1 Å². The molecule has 0 aliphatic heterocycles. The van der Waals surface area contributed by atoms with Crippen LogP contribution in [0.2, 0.25) is 0 Å². The van der Waals surface area contributed by atoms with Crippen LogP contribution in [0.15, 0.2) is 60.8 Å². The third-order valence-electron chi connectivity index (χ3n) is 5.37. The first-order valence-electron chi connectivity index (χ1n) is 9.68. The third kappa shape index (κ3) is 5.07. The average Bonchev–Trinajstić information content (AvgIpc) is 3.20. The van der Waals surface area contributed by atoms with Crippen molar-refractivity contribution >= 4 is 11.9 Å². The van der Waals surface area contributed by atoms with Gasteiger partial charge in [-0.05, 0) is 21.9 Å². The zero-order chi connectivity index (χ0) is 22.6. The van der Waals surface area contributed by atoms with E-state index in [4.69, 9.17) is 5.11 Å². The van der Waals surface area contributed by atoms with Crippen molar-refractivity contribution in [2.24, 2.45) is 0 Å². The Morgan fingerprint density at radius 1 is 1.06 bits per heavy atom. The number of hydrogen-bond donors (Lipinski definition) is 4. The van der Waals surface area contributed by atoms with Gasteiger partial charge in [-0.1, -0.05) is 73.3 Å². The number of aliphatic carboxylic acids is 1. The lowest BCUT2D eigenvalue weighted by Gasteiger charge is -2.36. The maximum atomic E-state index is 12.6. The first-order valence-corrected chi connectivity index (χ1v) is 9.68. The highest BCUT2D eigenvalue weighted by atomic mass is 16.5. The number of benzene rings is 2.